The Morgan fingerprint density at radius 2 is 1.79 bits per heavy atom. The van der Waals surface area contributed by atoms with E-state index < -0.39 is 27.6 Å². The second-order valence-electron chi connectivity index (χ2n) is 9.99. The van der Waals surface area contributed by atoms with Crippen LogP contribution in [0.5, 0.6) is 0 Å². The van der Waals surface area contributed by atoms with Gasteiger partial charge in [0.1, 0.15) is 5.82 Å². The number of halogens is 2. The number of hydrogen-bond acceptors (Lipinski definition) is 5. The van der Waals surface area contributed by atoms with Crippen molar-refractivity contribution in [3.8, 4) is 11.1 Å². The fraction of sp³-hybridized carbons (Fsp3) is 0.321. The molecule has 7 nitrogen and oxygen atoms in total. The number of sulfonamides is 1. The van der Waals surface area contributed by atoms with E-state index >= 15 is 0 Å². The van der Waals surface area contributed by atoms with E-state index in [1.807, 2.05) is 19.9 Å². The summed E-state index contributed by atoms with van der Waals surface area (Å²) in [6, 6.07) is 15.7. The van der Waals surface area contributed by atoms with Gasteiger partial charge >= 0.3 is 5.97 Å². The van der Waals surface area contributed by atoms with Crippen LogP contribution in [0.15, 0.2) is 65.6 Å². The van der Waals surface area contributed by atoms with E-state index in [1.54, 1.807) is 31.2 Å². The molecule has 3 aromatic rings. The Balaban J connectivity index is 1.66. The van der Waals surface area contributed by atoms with Gasteiger partial charge in [0.05, 0.1) is 21.6 Å². The number of likely N-dealkylation sites (N-methyl/N-ethyl adjacent to an activating group) is 1. The highest BCUT2D eigenvalue weighted by Gasteiger charge is 2.25. The van der Waals surface area contributed by atoms with Crippen LogP contribution in [0.4, 0.5) is 4.39 Å². The zero-order chi connectivity index (χ0) is 28.3. The van der Waals surface area contributed by atoms with Crippen molar-refractivity contribution in [3.63, 3.8) is 0 Å². The molecule has 0 saturated carbocycles. The number of aromatic carboxylic acids is 1. The molecule has 3 aromatic carbocycles. The van der Waals surface area contributed by atoms with E-state index in [-0.39, 0.29) is 34.4 Å². The fourth-order valence-corrected chi connectivity index (χ4v) is 5.57. The number of hydrogen-bond donors (Lipinski definition) is 3. The molecule has 0 aliphatic heterocycles. The molecule has 0 fully saturated rings. The van der Waals surface area contributed by atoms with E-state index in [4.69, 9.17) is 11.6 Å². The summed E-state index contributed by atoms with van der Waals surface area (Å²) in [7, 11) is -2.54. The average Bonchev–Trinajstić information content (AvgIpc) is 2.84. The van der Waals surface area contributed by atoms with Crippen LogP contribution in [0.2, 0.25) is 5.02 Å². The topological polar surface area (TPSA) is 107 Å². The van der Waals surface area contributed by atoms with Gasteiger partial charge in [-0.2, -0.15) is 4.31 Å². The highest BCUT2D eigenvalue weighted by atomic mass is 35.5. The molecule has 0 heterocycles. The largest absolute Gasteiger partial charge is 0.478 e. The maximum Gasteiger partial charge on any atom is 0.337 e. The first-order valence-corrected chi connectivity index (χ1v) is 13.8. The molecule has 3 rings (SSSR count). The third-order valence-corrected chi connectivity index (χ3v) is 8.37. The Morgan fingerprint density at radius 1 is 1.11 bits per heavy atom. The molecule has 0 bridgehead atoms. The molecule has 1 atom stereocenters. The summed E-state index contributed by atoms with van der Waals surface area (Å²) >= 11 is 6.07. The minimum Gasteiger partial charge on any atom is -0.478 e. The number of rotatable bonds is 11. The number of carbonyl (C=O) groups is 1. The summed E-state index contributed by atoms with van der Waals surface area (Å²) in [5.41, 5.74) is 2.00. The second kappa shape index (κ2) is 11.9. The SMILES string of the molecule is Cc1ccc(CC(C)(C)NC[C@@H](O)CN(C)S(=O)(=O)c2cccc(-c3ccc(C(=O)O)c(Cl)c3)c2)cc1F. The van der Waals surface area contributed by atoms with Crippen molar-refractivity contribution < 1.29 is 27.8 Å². The molecule has 0 saturated heterocycles. The first kappa shape index (κ1) is 29.7. The van der Waals surface area contributed by atoms with Crippen molar-refractivity contribution in [2.45, 2.75) is 43.7 Å². The summed E-state index contributed by atoms with van der Waals surface area (Å²) in [6.07, 6.45) is -0.468. The molecule has 0 unspecified atom stereocenters. The van der Waals surface area contributed by atoms with Crippen LogP contribution >= 0.6 is 11.6 Å². The number of nitrogens with zero attached hydrogens (tertiary/aromatic N) is 1. The Bertz CT molecular complexity index is 1430. The Labute approximate surface area is 227 Å². The van der Waals surface area contributed by atoms with Crippen molar-refractivity contribution >= 4 is 27.6 Å². The van der Waals surface area contributed by atoms with Gasteiger partial charge in [0.25, 0.3) is 0 Å². The van der Waals surface area contributed by atoms with Crippen molar-refractivity contribution in [2.75, 3.05) is 20.1 Å². The highest BCUT2D eigenvalue weighted by molar-refractivity contribution is 7.89. The van der Waals surface area contributed by atoms with Gasteiger partial charge in [-0.05, 0) is 79.8 Å². The number of aliphatic hydroxyl groups excluding tert-OH is 1. The van der Waals surface area contributed by atoms with Gasteiger partial charge in [-0.3, -0.25) is 0 Å². The fourth-order valence-electron chi connectivity index (χ4n) is 4.06. The lowest BCUT2D eigenvalue weighted by atomic mass is 9.94. The molecular formula is C28H32ClFN2O5S. The minimum atomic E-state index is -3.93. The summed E-state index contributed by atoms with van der Waals surface area (Å²) in [5.74, 6) is -1.42. The van der Waals surface area contributed by atoms with E-state index in [1.165, 1.54) is 37.4 Å². The van der Waals surface area contributed by atoms with Crippen LogP contribution in [-0.4, -0.2) is 60.7 Å². The first-order chi connectivity index (χ1) is 17.7. The third kappa shape index (κ3) is 7.39. The Kier molecular flexibility index (Phi) is 9.33. The molecule has 0 aromatic heterocycles. The normalized spacial score (nSPS) is 13.1. The molecule has 10 heteroatoms. The van der Waals surface area contributed by atoms with Crippen molar-refractivity contribution in [3.05, 3.63) is 88.2 Å². The molecule has 0 amide bonds. The summed E-state index contributed by atoms with van der Waals surface area (Å²) in [6.45, 7) is 5.55. The molecule has 38 heavy (non-hydrogen) atoms. The van der Waals surface area contributed by atoms with Gasteiger partial charge in [-0.1, -0.05) is 41.9 Å². The van der Waals surface area contributed by atoms with Crippen LogP contribution in [-0.2, 0) is 16.4 Å². The molecule has 0 spiro atoms. The van der Waals surface area contributed by atoms with E-state index in [9.17, 15) is 27.8 Å². The third-order valence-electron chi connectivity index (χ3n) is 6.24. The van der Waals surface area contributed by atoms with Gasteiger partial charge in [0.15, 0.2) is 0 Å². The van der Waals surface area contributed by atoms with E-state index in [0.717, 1.165) is 9.87 Å². The number of β-amino-alcohol motifs (C(OH)–C–C–N with tert-alkyl or cyclic N) is 1. The standard InChI is InChI=1S/C28H32ClFN2O5S/c1-18-8-9-19(12-26(18)30)15-28(2,3)31-16-22(33)17-32(4)38(36,37)23-7-5-6-20(13-23)21-10-11-24(27(34)35)25(29)14-21/h5-14,22,31,33H,15-17H2,1-4H3,(H,34,35)/t22-/m1/s1. The van der Waals surface area contributed by atoms with Crippen LogP contribution < -0.4 is 5.32 Å². The number of benzene rings is 3. The van der Waals surface area contributed by atoms with E-state index in [0.29, 0.717) is 23.1 Å². The summed E-state index contributed by atoms with van der Waals surface area (Å²) in [4.78, 5) is 11.2. The Hall–Kier alpha value is -2.82. The first-order valence-electron chi connectivity index (χ1n) is 12.0. The predicted molar refractivity (Wildman–Crippen MR) is 147 cm³/mol. The monoisotopic (exact) mass is 562 g/mol. The molecule has 3 N–H and O–H groups in total. The average molecular weight is 563 g/mol. The second-order valence-corrected chi connectivity index (χ2v) is 12.4. The van der Waals surface area contributed by atoms with Gasteiger partial charge in [0.2, 0.25) is 10.0 Å². The molecule has 0 aliphatic rings. The molecule has 0 radical (unpaired) electrons. The lowest BCUT2D eigenvalue weighted by Gasteiger charge is -2.29. The highest BCUT2D eigenvalue weighted by Crippen LogP contribution is 2.28. The zero-order valence-electron chi connectivity index (χ0n) is 21.7. The smallest absolute Gasteiger partial charge is 0.337 e. The lowest BCUT2D eigenvalue weighted by molar-refractivity contribution is 0.0697. The van der Waals surface area contributed by atoms with Crippen molar-refractivity contribution in [1.29, 1.82) is 0 Å². The van der Waals surface area contributed by atoms with Crippen LogP contribution in [0.25, 0.3) is 11.1 Å². The lowest BCUT2D eigenvalue weighted by Crippen LogP contribution is -2.47. The van der Waals surface area contributed by atoms with Crippen molar-refractivity contribution in [2.24, 2.45) is 0 Å². The van der Waals surface area contributed by atoms with Crippen LogP contribution in [0.1, 0.15) is 35.3 Å². The Morgan fingerprint density at radius 3 is 2.42 bits per heavy atom. The number of nitrogens with one attached hydrogen (secondary N) is 1. The van der Waals surface area contributed by atoms with Gasteiger partial charge in [-0.15, -0.1) is 0 Å². The molecule has 0 aliphatic carbocycles. The number of aryl methyl sites for hydroxylation is 1. The number of carboxylic acid groups (broad SMARTS) is 1. The maximum atomic E-state index is 13.9. The van der Waals surface area contributed by atoms with Gasteiger partial charge in [0, 0.05) is 25.7 Å². The summed E-state index contributed by atoms with van der Waals surface area (Å²) in [5, 5.41) is 23.0. The van der Waals surface area contributed by atoms with Gasteiger partial charge < -0.3 is 15.5 Å². The predicted octanol–water partition coefficient (Wildman–Crippen LogP) is 4.75. The molecule has 204 valence electrons. The number of carboxylic acids is 1. The summed E-state index contributed by atoms with van der Waals surface area (Å²) < 4.78 is 41.4. The molecular weight excluding hydrogens is 531 g/mol. The number of aliphatic hydroxyl groups is 1. The van der Waals surface area contributed by atoms with Crippen LogP contribution in [0, 0.1) is 12.7 Å². The van der Waals surface area contributed by atoms with Crippen molar-refractivity contribution in [1.82, 2.24) is 9.62 Å². The minimum absolute atomic E-state index is 0.0258. The van der Waals surface area contributed by atoms with Crippen LogP contribution in [0.3, 0.4) is 0 Å². The quantitative estimate of drug-likeness (QED) is 0.311. The van der Waals surface area contributed by atoms with Gasteiger partial charge in [-0.25, -0.2) is 17.6 Å². The maximum absolute atomic E-state index is 13.9. The van der Waals surface area contributed by atoms with E-state index in [2.05, 4.69) is 5.32 Å². The zero-order valence-corrected chi connectivity index (χ0v) is 23.3.